The summed E-state index contributed by atoms with van der Waals surface area (Å²) in [7, 11) is 5.51. The maximum absolute atomic E-state index is 11.2. The predicted molar refractivity (Wildman–Crippen MR) is 58.8 cm³/mol. The maximum atomic E-state index is 11.2. The lowest BCUT2D eigenvalue weighted by Gasteiger charge is -2.46. The summed E-state index contributed by atoms with van der Waals surface area (Å²) in [5, 5.41) is 9.34. The number of ether oxygens (including phenoxy) is 2. The molecule has 0 saturated carbocycles. The molecule has 0 bridgehead atoms. The van der Waals surface area contributed by atoms with Crippen LogP contribution in [0.4, 0.5) is 0 Å². The van der Waals surface area contributed by atoms with E-state index in [0.717, 1.165) is 17.6 Å². The summed E-state index contributed by atoms with van der Waals surface area (Å²) in [5.74, 6) is -0.271. The number of likely N-dealkylation sites (N-methyl/N-ethyl adjacent to an activating group) is 1. The Morgan fingerprint density at radius 1 is 1.62 bits per heavy atom. The van der Waals surface area contributed by atoms with Crippen LogP contribution in [-0.2, 0) is 14.3 Å². The van der Waals surface area contributed by atoms with Crippen molar-refractivity contribution >= 4 is 5.97 Å². The maximum Gasteiger partial charge on any atom is 0.308 e. The fourth-order valence-corrected chi connectivity index (χ4v) is 2.46. The van der Waals surface area contributed by atoms with Crippen molar-refractivity contribution in [2.24, 2.45) is 0 Å². The van der Waals surface area contributed by atoms with Crippen LogP contribution in [0.5, 0.6) is 0 Å². The first-order valence-corrected chi connectivity index (χ1v) is 5.48. The molecule has 1 N–H and O–H groups in total. The van der Waals surface area contributed by atoms with Crippen LogP contribution < -0.4 is 0 Å². The third kappa shape index (κ3) is 3.43. The molecule has 1 fully saturated rings. The standard InChI is InChI=1S/C11H22NO4/c1-11(8-13)7-12(2,3)6-9(16-11)5-10(14)15-4/h9,13H,5-8H2,1-4H3/q+1/t9-,11+/m0/s1. The number of quaternary nitrogens is 1. The summed E-state index contributed by atoms with van der Waals surface area (Å²) in [6.07, 6.45) is 0.0571. The SMILES string of the molecule is COC(=O)C[C@H]1C[N+](C)(C)C[C@](C)(CO)O1. The van der Waals surface area contributed by atoms with Crippen molar-refractivity contribution in [1.29, 1.82) is 0 Å². The van der Waals surface area contributed by atoms with Crippen LogP contribution in [0.25, 0.3) is 0 Å². The minimum absolute atomic E-state index is 0.0354. The van der Waals surface area contributed by atoms with Crippen molar-refractivity contribution < 1.29 is 23.9 Å². The molecule has 0 aromatic heterocycles. The van der Waals surface area contributed by atoms with E-state index in [1.807, 2.05) is 6.92 Å². The lowest BCUT2D eigenvalue weighted by molar-refractivity contribution is -0.909. The van der Waals surface area contributed by atoms with E-state index >= 15 is 0 Å². The molecule has 1 aliphatic rings. The summed E-state index contributed by atoms with van der Waals surface area (Å²) in [5.41, 5.74) is -0.569. The van der Waals surface area contributed by atoms with Crippen molar-refractivity contribution in [3.63, 3.8) is 0 Å². The fourth-order valence-electron chi connectivity index (χ4n) is 2.46. The highest BCUT2D eigenvalue weighted by Crippen LogP contribution is 2.25. The number of carbonyl (C=O) groups is 1. The molecule has 1 rings (SSSR count). The second-order valence-corrected chi connectivity index (χ2v) is 5.40. The van der Waals surface area contributed by atoms with Gasteiger partial charge >= 0.3 is 5.97 Å². The van der Waals surface area contributed by atoms with Gasteiger partial charge in [0.15, 0.2) is 0 Å². The van der Waals surface area contributed by atoms with E-state index in [1.54, 1.807) is 0 Å². The smallest absolute Gasteiger partial charge is 0.308 e. The van der Waals surface area contributed by atoms with Crippen LogP contribution in [0.2, 0.25) is 0 Å². The first-order chi connectivity index (χ1) is 7.30. The van der Waals surface area contributed by atoms with E-state index < -0.39 is 5.60 Å². The molecule has 0 spiro atoms. The van der Waals surface area contributed by atoms with Crippen molar-refractivity contribution in [2.75, 3.05) is 40.9 Å². The highest BCUT2D eigenvalue weighted by atomic mass is 16.5. The molecule has 5 nitrogen and oxygen atoms in total. The Balaban J connectivity index is 2.69. The minimum atomic E-state index is -0.569. The summed E-state index contributed by atoms with van der Waals surface area (Å²) in [6, 6.07) is 0. The summed E-state index contributed by atoms with van der Waals surface area (Å²) in [4.78, 5) is 11.2. The van der Waals surface area contributed by atoms with Crippen LogP contribution >= 0.6 is 0 Å². The zero-order valence-electron chi connectivity index (χ0n) is 10.5. The van der Waals surface area contributed by atoms with E-state index in [9.17, 15) is 9.90 Å². The molecule has 2 atom stereocenters. The van der Waals surface area contributed by atoms with E-state index in [0.29, 0.717) is 0 Å². The number of methoxy groups -OCH3 is 1. The molecule has 0 amide bonds. The van der Waals surface area contributed by atoms with Gasteiger partial charge in [-0.05, 0) is 6.92 Å². The number of aliphatic hydroxyl groups is 1. The lowest BCUT2D eigenvalue weighted by Crippen LogP contribution is -2.62. The Bertz CT molecular complexity index is 267. The number of carbonyl (C=O) groups excluding carboxylic acids is 1. The Labute approximate surface area is 96.5 Å². The van der Waals surface area contributed by atoms with Gasteiger partial charge in [0, 0.05) is 0 Å². The van der Waals surface area contributed by atoms with Gasteiger partial charge in [0.2, 0.25) is 0 Å². The van der Waals surface area contributed by atoms with Crippen LogP contribution in [-0.4, -0.2) is 68.2 Å². The highest BCUT2D eigenvalue weighted by Gasteiger charge is 2.43. The lowest BCUT2D eigenvalue weighted by atomic mass is 10.0. The van der Waals surface area contributed by atoms with E-state index in [-0.39, 0.29) is 25.1 Å². The van der Waals surface area contributed by atoms with Crippen LogP contribution in [0.1, 0.15) is 13.3 Å². The molecular formula is C11H22NO4+. The van der Waals surface area contributed by atoms with Gasteiger partial charge in [0.05, 0.1) is 34.2 Å². The Hall–Kier alpha value is -0.650. The third-order valence-electron chi connectivity index (χ3n) is 2.87. The molecular weight excluding hydrogens is 210 g/mol. The second kappa shape index (κ2) is 4.69. The van der Waals surface area contributed by atoms with Gasteiger partial charge in [-0.15, -0.1) is 0 Å². The van der Waals surface area contributed by atoms with Crippen molar-refractivity contribution in [1.82, 2.24) is 0 Å². The fraction of sp³-hybridized carbons (Fsp3) is 0.909. The number of aliphatic hydroxyl groups excluding tert-OH is 1. The molecule has 0 unspecified atom stereocenters. The van der Waals surface area contributed by atoms with Crippen LogP contribution in [0, 0.1) is 0 Å². The van der Waals surface area contributed by atoms with Gasteiger partial charge in [0.25, 0.3) is 0 Å². The number of esters is 1. The zero-order valence-corrected chi connectivity index (χ0v) is 10.5. The average Bonchev–Trinajstić information content (AvgIpc) is 2.14. The van der Waals surface area contributed by atoms with Crippen molar-refractivity contribution in [3.8, 4) is 0 Å². The quantitative estimate of drug-likeness (QED) is 0.540. The molecule has 5 heteroatoms. The first-order valence-electron chi connectivity index (χ1n) is 5.48. The van der Waals surface area contributed by atoms with Gasteiger partial charge in [-0.3, -0.25) is 4.79 Å². The van der Waals surface area contributed by atoms with Crippen LogP contribution in [0.3, 0.4) is 0 Å². The van der Waals surface area contributed by atoms with Gasteiger partial charge < -0.3 is 19.1 Å². The summed E-state index contributed by atoms with van der Waals surface area (Å²) >= 11 is 0. The normalized spacial score (nSPS) is 33.4. The Kier molecular flexibility index (Phi) is 3.93. The molecule has 1 aliphatic heterocycles. The van der Waals surface area contributed by atoms with Gasteiger partial charge in [-0.1, -0.05) is 0 Å². The monoisotopic (exact) mass is 232 g/mol. The first kappa shape index (κ1) is 13.4. The summed E-state index contributed by atoms with van der Waals surface area (Å²) in [6.45, 7) is 3.33. The predicted octanol–water partition coefficient (Wildman–Crippen LogP) is -0.224. The number of rotatable bonds is 3. The van der Waals surface area contributed by atoms with Gasteiger partial charge in [-0.2, -0.15) is 0 Å². The summed E-state index contributed by atoms with van der Waals surface area (Å²) < 4.78 is 11.1. The minimum Gasteiger partial charge on any atom is -0.469 e. The van der Waals surface area contributed by atoms with E-state index in [4.69, 9.17) is 4.74 Å². The largest absolute Gasteiger partial charge is 0.469 e. The topological polar surface area (TPSA) is 55.8 Å². The van der Waals surface area contributed by atoms with Crippen molar-refractivity contribution in [3.05, 3.63) is 0 Å². The molecule has 1 saturated heterocycles. The second-order valence-electron chi connectivity index (χ2n) is 5.40. The van der Waals surface area contributed by atoms with Gasteiger partial charge in [-0.25, -0.2) is 0 Å². The van der Waals surface area contributed by atoms with E-state index in [2.05, 4.69) is 18.8 Å². The highest BCUT2D eigenvalue weighted by molar-refractivity contribution is 5.69. The number of hydrogen-bond acceptors (Lipinski definition) is 4. The molecule has 1 heterocycles. The number of hydrogen-bond donors (Lipinski definition) is 1. The zero-order chi connectivity index (χ0) is 12.4. The molecule has 0 aromatic rings. The molecule has 0 aliphatic carbocycles. The number of morpholine rings is 1. The molecule has 94 valence electrons. The molecule has 16 heavy (non-hydrogen) atoms. The third-order valence-corrected chi connectivity index (χ3v) is 2.87. The number of nitrogens with zero attached hydrogens (tertiary/aromatic N) is 1. The average molecular weight is 232 g/mol. The molecule has 0 aromatic carbocycles. The van der Waals surface area contributed by atoms with Gasteiger partial charge in [0.1, 0.15) is 24.8 Å². The van der Waals surface area contributed by atoms with Crippen LogP contribution in [0.15, 0.2) is 0 Å². The van der Waals surface area contributed by atoms with Crippen molar-refractivity contribution in [2.45, 2.75) is 25.0 Å². The molecule has 0 radical (unpaired) electrons. The Morgan fingerprint density at radius 2 is 2.25 bits per heavy atom. The Morgan fingerprint density at radius 3 is 2.75 bits per heavy atom. The van der Waals surface area contributed by atoms with E-state index in [1.165, 1.54) is 7.11 Å².